The molecule has 0 amide bonds. The van der Waals surface area contributed by atoms with Crippen LogP contribution in [0.5, 0.6) is 0 Å². The van der Waals surface area contributed by atoms with Crippen LogP contribution in [0.25, 0.3) is 0 Å². The summed E-state index contributed by atoms with van der Waals surface area (Å²) in [6.07, 6.45) is 3.72. The van der Waals surface area contributed by atoms with Gasteiger partial charge in [0.1, 0.15) is 0 Å². The fraction of sp³-hybridized carbons (Fsp3) is 1.00. The van der Waals surface area contributed by atoms with Gasteiger partial charge in [-0.2, -0.15) is 0 Å². The molecule has 0 fully saturated rings. The Kier molecular flexibility index (Phi) is 5.32. The van der Waals surface area contributed by atoms with Gasteiger partial charge in [-0.05, 0) is 19.4 Å². The fourth-order valence-corrected chi connectivity index (χ4v) is 1.06. The maximum atomic E-state index is 10.4. The van der Waals surface area contributed by atoms with E-state index in [2.05, 4.69) is 0 Å². The molecule has 0 heterocycles. The van der Waals surface area contributed by atoms with Gasteiger partial charge in [0.05, 0.1) is 0 Å². The summed E-state index contributed by atoms with van der Waals surface area (Å²) in [5.41, 5.74) is 5.22. The third-order valence-electron chi connectivity index (χ3n) is 0.886. The highest BCUT2D eigenvalue weighted by atomic mass is 32.2. The molecule has 2 N–H and O–H groups in total. The van der Waals surface area contributed by atoms with E-state index in [1.165, 1.54) is 0 Å². The first-order valence-electron chi connectivity index (χ1n) is 2.77. The molecule has 50 valence electrons. The normalized spacial score (nSPS) is 13.8. The molecule has 0 radical (unpaired) electrons. The monoisotopic (exact) mass is 137 g/mol. The second kappa shape index (κ2) is 5.25. The van der Waals surface area contributed by atoms with Crippen LogP contribution >= 0.6 is 0 Å². The lowest BCUT2D eigenvalue weighted by Gasteiger charge is -1.91. The second-order valence-electron chi connectivity index (χ2n) is 1.77. The molecule has 0 aliphatic rings. The molecular weight excluding hydrogens is 124 g/mol. The summed E-state index contributed by atoms with van der Waals surface area (Å²) in [6, 6.07) is 0. The maximum absolute atomic E-state index is 10.4. The van der Waals surface area contributed by atoms with Crippen LogP contribution in [0.3, 0.4) is 0 Å². The van der Waals surface area contributed by atoms with Crippen molar-refractivity contribution in [3.63, 3.8) is 0 Å². The van der Waals surface area contributed by atoms with Gasteiger partial charge in [0.15, 0.2) is 0 Å². The molecule has 0 bridgehead atoms. The number of rotatable bonds is 4. The Morgan fingerprint density at radius 1 is 1.75 bits per heavy atom. The van der Waals surface area contributed by atoms with Crippen LogP contribution in [0.2, 0.25) is 0 Å². The van der Waals surface area contributed by atoms with Crippen LogP contribution in [0.1, 0.15) is 12.8 Å². The summed E-state index contributed by atoms with van der Waals surface area (Å²) in [7, 11) is -0.623. The van der Waals surface area contributed by atoms with Crippen molar-refractivity contribution in [1.82, 2.24) is 0 Å². The quantitative estimate of drug-likeness (QED) is 0.559. The molecule has 0 spiro atoms. The largest absolute Gasteiger partial charge is 0.330 e. The van der Waals surface area contributed by atoms with Crippen molar-refractivity contribution in [3.05, 3.63) is 0 Å². The lowest BCUT2D eigenvalue weighted by atomic mass is 10.5. The third kappa shape index (κ3) is 6.11. The van der Waals surface area contributed by atoms with Crippen molar-refractivity contribution in [3.8, 4) is 0 Å². The zero-order chi connectivity index (χ0) is 6.41. The van der Waals surface area contributed by atoms with Gasteiger partial charge in [-0.1, -0.05) is 0 Å². The molecule has 3 heteroatoms. The smallest absolute Gasteiger partial charge is 0.0232 e. The van der Waals surface area contributed by atoms with Gasteiger partial charge in [-0.3, -0.25) is 4.21 Å². The Morgan fingerprint density at radius 3 is 2.75 bits per heavy atom. The molecule has 8 heavy (non-hydrogen) atoms. The first-order chi connectivity index (χ1) is 3.77. The summed E-state index contributed by atoms with van der Waals surface area (Å²) >= 11 is 0. The lowest BCUT2D eigenvalue weighted by Crippen LogP contribution is -2.01. The van der Waals surface area contributed by atoms with Crippen molar-refractivity contribution in [2.45, 2.75) is 12.8 Å². The molecule has 0 saturated carbocycles. The number of nitrogens with two attached hydrogens (primary N) is 1. The predicted octanol–water partition coefficient (Wildman–Crippen LogP) is 0.104. The van der Waals surface area contributed by atoms with E-state index in [0.29, 0.717) is 0 Å². The minimum atomic E-state index is -0.623. The minimum Gasteiger partial charge on any atom is -0.330 e. The highest BCUT2D eigenvalue weighted by molar-refractivity contribution is 7.84. The van der Waals surface area contributed by atoms with E-state index in [4.69, 9.17) is 5.73 Å². The lowest BCUT2D eigenvalue weighted by molar-refractivity contribution is 0.682. The molecule has 0 aromatic carbocycles. The average molecular weight is 137 g/mol. The molecule has 2 nitrogen and oxygen atoms in total. The molecule has 0 aliphatic heterocycles. The third-order valence-corrected chi connectivity index (χ3v) is 1.75. The number of hydrogen-bond donors (Lipinski definition) is 1. The van der Waals surface area contributed by atoms with Gasteiger partial charge in [-0.25, -0.2) is 0 Å². The van der Waals surface area contributed by atoms with E-state index in [9.17, 15) is 4.21 Å². The van der Waals surface area contributed by atoms with Gasteiger partial charge >= 0.3 is 0 Å². The Balaban J connectivity index is 2.82. The Morgan fingerprint density at radius 2 is 2.38 bits per heavy atom. The standard InChI is InChI=1S/C5H13NOS/c1-8(7)5-3-2-4-6/h2-6H2,1H3/i4+2. The maximum Gasteiger partial charge on any atom is 0.0232 e. The Bertz CT molecular complexity index is 74.8. The van der Waals surface area contributed by atoms with Crippen molar-refractivity contribution in [2.24, 2.45) is 5.73 Å². The van der Waals surface area contributed by atoms with Gasteiger partial charge in [0.2, 0.25) is 0 Å². The second-order valence-corrected chi connectivity index (χ2v) is 3.33. The van der Waals surface area contributed by atoms with Crippen LogP contribution in [-0.4, -0.2) is 22.8 Å². The van der Waals surface area contributed by atoms with Crippen LogP contribution in [0.15, 0.2) is 0 Å². The summed E-state index contributed by atoms with van der Waals surface area (Å²) in [5.74, 6) is 0.803. The highest BCUT2D eigenvalue weighted by Crippen LogP contribution is 1.86. The molecule has 0 saturated heterocycles. The first kappa shape index (κ1) is 8.11. The number of unbranched alkanes of at least 4 members (excludes halogenated alkanes) is 1. The van der Waals surface area contributed by atoms with E-state index in [1.54, 1.807) is 6.26 Å². The molecule has 0 aromatic heterocycles. The average Bonchev–Trinajstić information content (AvgIpc) is 1.66. The van der Waals surface area contributed by atoms with Crippen molar-refractivity contribution in [1.29, 1.82) is 0 Å². The highest BCUT2D eigenvalue weighted by Gasteiger charge is 1.87. The van der Waals surface area contributed by atoms with Crippen LogP contribution in [-0.2, 0) is 10.8 Å². The molecule has 1 atom stereocenters. The molecule has 0 aromatic rings. The van der Waals surface area contributed by atoms with E-state index in [1.807, 2.05) is 0 Å². The van der Waals surface area contributed by atoms with E-state index in [-0.39, 0.29) is 0 Å². The zero-order valence-electron chi connectivity index (χ0n) is 5.22. The molecule has 0 aliphatic carbocycles. The van der Waals surface area contributed by atoms with E-state index in [0.717, 1.165) is 25.1 Å². The van der Waals surface area contributed by atoms with Crippen molar-refractivity contribution < 1.29 is 4.21 Å². The molecular formula is C5H13NOS. The van der Waals surface area contributed by atoms with E-state index >= 15 is 0 Å². The molecule has 0 rings (SSSR count). The van der Waals surface area contributed by atoms with Crippen LogP contribution in [0.4, 0.5) is 0 Å². The Hall–Kier alpha value is 0.110. The van der Waals surface area contributed by atoms with Gasteiger partial charge in [-0.15, -0.1) is 0 Å². The summed E-state index contributed by atoms with van der Waals surface area (Å²) in [5, 5.41) is 0. The summed E-state index contributed by atoms with van der Waals surface area (Å²) in [6.45, 7) is 0.719. The molecule has 1 unspecified atom stereocenters. The van der Waals surface area contributed by atoms with Gasteiger partial charge < -0.3 is 5.73 Å². The minimum absolute atomic E-state index is 0.623. The van der Waals surface area contributed by atoms with Crippen molar-refractivity contribution >= 4 is 10.8 Å². The van der Waals surface area contributed by atoms with Crippen LogP contribution in [0, 0.1) is 0 Å². The van der Waals surface area contributed by atoms with Gasteiger partial charge in [0.25, 0.3) is 0 Å². The van der Waals surface area contributed by atoms with Gasteiger partial charge in [0, 0.05) is 22.8 Å². The van der Waals surface area contributed by atoms with Crippen molar-refractivity contribution in [2.75, 3.05) is 18.6 Å². The summed E-state index contributed by atoms with van der Waals surface area (Å²) < 4.78 is 10.4. The number of hydrogen-bond acceptors (Lipinski definition) is 2. The predicted molar refractivity (Wildman–Crippen MR) is 37.2 cm³/mol. The topological polar surface area (TPSA) is 43.1 Å². The Labute approximate surface area is 52.9 Å². The fourth-order valence-electron chi connectivity index (χ4n) is 0.450. The van der Waals surface area contributed by atoms with Crippen LogP contribution < -0.4 is 5.73 Å². The van der Waals surface area contributed by atoms with E-state index < -0.39 is 10.8 Å². The first-order valence-corrected chi connectivity index (χ1v) is 4.50. The SMILES string of the molecule is CS(=O)CCC[14CH2]N. The zero-order valence-corrected chi connectivity index (χ0v) is 6.04. The summed E-state index contributed by atoms with van der Waals surface area (Å²) in [4.78, 5) is 0.